The summed E-state index contributed by atoms with van der Waals surface area (Å²) in [4.78, 5) is 17.9. The van der Waals surface area contributed by atoms with Crippen LogP contribution in [0.5, 0.6) is 0 Å². The van der Waals surface area contributed by atoms with Crippen molar-refractivity contribution in [2.75, 3.05) is 34.4 Å². The molecule has 0 aromatic carbocycles. The molecule has 0 radical (unpaired) electrons. The summed E-state index contributed by atoms with van der Waals surface area (Å²) in [6, 6.07) is 3.19. The molecule has 9 heteroatoms. The number of aromatic nitrogens is 4. The van der Waals surface area contributed by atoms with Crippen molar-refractivity contribution < 1.29 is 0 Å². The first kappa shape index (κ1) is 27.7. The molecule has 2 aliphatic rings. The van der Waals surface area contributed by atoms with Crippen LogP contribution in [0.25, 0.3) is 0 Å². The first-order valence-electron chi connectivity index (χ1n) is 13.4. The Labute approximate surface area is 224 Å². The Kier molecular flexibility index (Phi) is 11.5. The largest absolute Gasteiger partial charge is 0.367 e. The van der Waals surface area contributed by atoms with Crippen LogP contribution in [0.4, 0.5) is 23.5 Å². The zero-order valence-corrected chi connectivity index (χ0v) is 24.0. The second-order valence-electron chi connectivity index (χ2n) is 9.53. The highest BCUT2D eigenvalue weighted by Crippen LogP contribution is 2.26. The quantitative estimate of drug-likeness (QED) is 0.256. The molecule has 0 atom stereocenters. The van der Waals surface area contributed by atoms with E-state index in [4.69, 9.17) is 0 Å². The molecule has 2 aromatic heterocycles. The molecule has 0 spiro atoms. The number of hydrogen-bond donors (Lipinski definition) is 4. The smallest absolute Gasteiger partial charge is 0.224 e. The first-order valence-corrected chi connectivity index (χ1v) is 14.5. The number of nitrogens with one attached hydrogen (secondary N) is 4. The van der Waals surface area contributed by atoms with Crippen molar-refractivity contribution in [3.05, 3.63) is 21.0 Å². The van der Waals surface area contributed by atoms with Crippen molar-refractivity contribution in [3.63, 3.8) is 0 Å². The molecule has 4 N–H and O–H groups in total. The Bertz CT molecular complexity index is 910. The minimum absolute atomic E-state index is 0.580. The molecular weight excluding hydrogens is 551 g/mol. The summed E-state index contributed by atoms with van der Waals surface area (Å²) in [5.74, 6) is 3.41. The minimum Gasteiger partial charge on any atom is -0.367 e. The molecule has 0 bridgehead atoms. The van der Waals surface area contributed by atoms with Crippen molar-refractivity contribution >= 4 is 46.1 Å². The molecule has 0 aliphatic heterocycles. The van der Waals surface area contributed by atoms with Crippen molar-refractivity contribution in [1.82, 2.24) is 19.9 Å². The summed E-state index contributed by atoms with van der Waals surface area (Å²) in [6.07, 6.45) is 13.1. The highest BCUT2D eigenvalue weighted by atomic mass is 127. The molecule has 2 heterocycles. The van der Waals surface area contributed by atoms with Crippen molar-refractivity contribution in [2.24, 2.45) is 0 Å². The highest BCUT2D eigenvalue weighted by molar-refractivity contribution is 14.1. The van der Waals surface area contributed by atoms with Gasteiger partial charge in [-0.2, -0.15) is 9.97 Å². The highest BCUT2D eigenvalue weighted by Gasteiger charge is 2.17. The Morgan fingerprint density at radius 3 is 1.86 bits per heavy atom. The van der Waals surface area contributed by atoms with E-state index in [9.17, 15) is 0 Å². The van der Waals surface area contributed by atoms with Gasteiger partial charge in [0, 0.05) is 36.9 Å². The third-order valence-corrected chi connectivity index (χ3v) is 7.74. The predicted octanol–water partition coefficient (Wildman–Crippen LogP) is 6.53. The van der Waals surface area contributed by atoms with Gasteiger partial charge in [0.1, 0.15) is 11.6 Å². The Morgan fingerprint density at radius 1 is 0.743 bits per heavy atom. The number of nitrogens with zero attached hydrogens (tertiary/aromatic N) is 4. The number of anilines is 4. The van der Waals surface area contributed by atoms with Crippen molar-refractivity contribution in [3.8, 4) is 0 Å². The van der Waals surface area contributed by atoms with Crippen LogP contribution in [0.15, 0.2) is 6.07 Å². The van der Waals surface area contributed by atoms with Crippen LogP contribution >= 0.6 is 22.6 Å². The van der Waals surface area contributed by atoms with E-state index in [1.807, 2.05) is 19.9 Å². The summed E-state index contributed by atoms with van der Waals surface area (Å²) in [6.45, 7) is 9.87. The van der Waals surface area contributed by atoms with E-state index >= 15 is 0 Å². The zero-order valence-electron chi connectivity index (χ0n) is 21.9. The molecule has 194 valence electrons. The van der Waals surface area contributed by atoms with Crippen molar-refractivity contribution in [1.29, 1.82) is 0 Å². The lowest BCUT2D eigenvalue weighted by Crippen LogP contribution is -2.24. The number of halogens is 1. The van der Waals surface area contributed by atoms with Crippen molar-refractivity contribution in [2.45, 2.75) is 104 Å². The topological polar surface area (TPSA) is 99.7 Å². The first-order chi connectivity index (χ1) is 17.0. The average molecular weight is 595 g/mol. The molecule has 0 saturated heterocycles. The van der Waals surface area contributed by atoms with Crippen LogP contribution < -0.4 is 21.3 Å². The molecular formula is C26H43IN8. The molecule has 8 nitrogen and oxygen atoms in total. The van der Waals surface area contributed by atoms with E-state index in [1.54, 1.807) is 0 Å². The van der Waals surface area contributed by atoms with E-state index in [0.29, 0.717) is 12.1 Å². The fourth-order valence-electron chi connectivity index (χ4n) is 4.67. The van der Waals surface area contributed by atoms with Gasteiger partial charge in [0.2, 0.25) is 11.9 Å². The van der Waals surface area contributed by atoms with Gasteiger partial charge in [0.25, 0.3) is 0 Å². The molecule has 0 amide bonds. The van der Waals surface area contributed by atoms with Gasteiger partial charge in [0.05, 0.1) is 9.26 Å². The second kappa shape index (κ2) is 14.6. The molecule has 2 aromatic rings. The number of rotatable bonds is 8. The van der Waals surface area contributed by atoms with Gasteiger partial charge >= 0.3 is 0 Å². The molecule has 2 aliphatic carbocycles. The van der Waals surface area contributed by atoms with E-state index in [1.165, 1.54) is 64.2 Å². The molecule has 0 unspecified atom stereocenters. The fraction of sp³-hybridized carbons (Fsp3) is 0.692. The summed E-state index contributed by atoms with van der Waals surface area (Å²) in [5, 5.41) is 13.5. The van der Waals surface area contributed by atoms with Gasteiger partial charge in [-0.1, -0.05) is 38.5 Å². The fourth-order valence-corrected chi connectivity index (χ4v) is 5.06. The summed E-state index contributed by atoms with van der Waals surface area (Å²) >= 11 is 2.33. The van der Waals surface area contributed by atoms with E-state index in [2.05, 4.69) is 77.6 Å². The summed E-state index contributed by atoms with van der Waals surface area (Å²) in [5.41, 5.74) is 2.05. The molecule has 2 fully saturated rings. The van der Waals surface area contributed by atoms with Crippen LogP contribution in [0.2, 0.25) is 0 Å². The van der Waals surface area contributed by atoms with E-state index in [0.717, 1.165) is 51.6 Å². The molecule has 4 rings (SSSR count). The minimum atomic E-state index is 0.580. The van der Waals surface area contributed by atoms with Gasteiger partial charge in [-0.05, 0) is 76.0 Å². The normalized spacial score (nSPS) is 16.7. The lowest BCUT2D eigenvalue weighted by molar-refractivity contribution is 0.461. The molecule has 35 heavy (non-hydrogen) atoms. The average Bonchev–Trinajstić information content (AvgIpc) is 2.84. The van der Waals surface area contributed by atoms with E-state index < -0.39 is 0 Å². The van der Waals surface area contributed by atoms with Gasteiger partial charge in [-0.15, -0.1) is 0 Å². The van der Waals surface area contributed by atoms with Crippen LogP contribution in [-0.2, 0) is 0 Å². The lowest BCUT2D eigenvalue weighted by atomic mass is 9.95. The van der Waals surface area contributed by atoms with Crippen LogP contribution in [0.3, 0.4) is 0 Å². The lowest BCUT2D eigenvalue weighted by Gasteiger charge is -2.24. The maximum absolute atomic E-state index is 4.58. The maximum atomic E-state index is 4.58. The third-order valence-electron chi connectivity index (χ3n) is 6.44. The zero-order chi connectivity index (χ0) is 25.0. The van der Waals surface area contributed by atoms with E-state index in [-0.39, 0.29) is 0 Å². The standard InChI is InChI=1S/C13H21IN4.C13H22N4/c1-3-15-13-16-9(2)11(14)12(18-13)17-10-7-5-4-6-8-10;1-3-14-13-15-10(2)9-12(17-13)16-11-7-5-4-6-8-11/h10H,3-8H2,1-2H3,(H2,15,16,17,18);9,11H,3-8H2,1-2H3,(H2,14,15,16,17). The summed E-state index contributed by atoms with van der Waals surface area (Å²) < 4.78 is 1.14. The van der Waals surface area contributed by atoms with Crippen LogP contribution in [0.1, 0.15) is 89.4 Å². The van der Waals surface area contributed by atoms with Crippen LogP contribution in [0, 0.1) is 17.4 Å². The molecule has 2 saturated carbocycles. The Hall–Kier alpha value is -1.91. The predicted molar refractivity (Wildman–Crippen MR) is 156 cm³/mol. The maximum Gasteiger partial charge on any atom is 0.224 e. The third kappa shape index (κ3) is 9.24. The number of hydrogen-bond acceptors (Lipinski definition) is 8. The van der Waals surface area contributed by atoms with Gasteiger partial charge in [-0.25, -0.2) is 9.97 Å². The second-order valence-corrected chi connectivity index (χ2v) is 10.6. The number of aryl methyl sites for hydroxylation is 2. The van der Waals surface area contributed by atoms with Gasteiger partial charge in [0.15, 0.2) is 0 Å². The van der Waals surface area contributed by atoms with Gasteiger partial charge < -0.3 is 21.3 Å². The SMILES string of the molecule is CCNc1nc(C)c(I)c(NC2CCCCC2)n1.CCNc1nc(C)cc(NC2CCCCC2)n1. The Balaban J connectivity index is 0.000000196. The monoisotopic (exact) mass is 594 g/mol. The summed E-state index contributed by atoms with van der Waals surface area (Å²) in [7, 11) is 0. The van der Waals surface area contributed by atoms with Gasteiger partial charge in [-0.3, -0.25) is 0 Å². The Morgan fingerprint density at radius 2 is 1.29 bits per heavy atom. The van der Waals surface area contributed by atoms with Crippen LogP contribution in [-0.4, -0.2) is 45.1 Å².